The van der Waals surface area contributed by atoms with Gasteiger partial charge >= 0.3 is 0 Å². The summed E-state index contributed by atoms with van der Waals surface area (Å²) >= 11 is 5.97. The lowest BCUT2D eigenvalue weighted by molar-refractivity contribution is 0.269. The Kier molecular flexibility index (Phi) is 7.28. The van der Waals surface area contributed by atoms with E-state index < -0.39 is 0 Å². The molecule has 4 aromatic carbocycles. The maximum absolute atomic E-state index is 13.4. The Labute approximate surface area is 219 Å². The van der Waals surface area contributed by atoms with Crippen molar-refractivity contribution in [1.29, 1.82) is 0 Å². The monoisotopic (exact) mass is 509 g/mol. The molecule has 0 aliphatic carbocycles. The van der Waals surface area contributed by atoms with Crippen molar-refractivity contribution < 1.29 is 9.47 Å². The average Bonchev–Trinajstić information content (AvgIpc) is 2.93. The standard InChI is InChI=1S/C30H24ClN3O3/c1-2-36-28-18-22(14-17-27(28)37-20-21-12-15-24(31)16-13-21)19-32-34-29(23-8-4-3-5-9-23)33-26-11-7-6-10-25(26)30(34)35/h3-19H,2,20H2,1H3. The van der Waals surface area contributed by atoms with Crippen molar-refractivity contribution in [3.63, 3.8) is 0 Å². The van der Waals surface area contributed by atoms with Crippen LogP contribution in [0, 0.1) is 0 Å². The molecule has 0 bridgehead atoms. The van der Waals surface area contributed by atoms with E-state index in [2.05, 4.69) is 5.10 Å². The Hall–Kier alpha value is -4.42. The molecule has 0 unspecified atom stereocenters. The number of rotatable bonds is 8. The lowest BCUT2D eigenvalue weighted by Crippen LogP contribution is -2.20. The summed E-state index contributed by atoms with van der Waals surface area (Å²) in [6.07, 6.45) is 1.62. The fourth-order valence-corrected chi connectivity index (χ4v) is 3.99. The first kappa shape index (κ1) is 24.3. The van der Waals surface area contributed by atoms with Gasteiger partial charge < -0.3 is 9.47 Å². The molecule has 5 rings (SSSR count). The SMILES string of the molecule is CCOc1cc(C=Nn2c(-c3ccccc3)nc3ccccc3c2=O)ccc1OCc1ccc(Cl)cc1. The van der Waals surface area contributed by atoms with Crippen LogP contribution >= 0.6 is 11.6 Å². The van der Waals surface area contributed by atoms with Gasteiger partial charge in [-0.3, -0.25) is 4.79 Å². The van der Waals surface area contributed by atoms with Gasteiger partial charge in [0.1, 0.15) is 6.61 Å². The zero-order valence-electron chi connectivity index (χ0n) is 20.2. The molecule has 0 atom stereocenters. The third kappa shape index (κ3) is 5.55. The van der Waals surface area contributed by atoms with Gasteiger partial charge in [0.05, 0.1) is 23.7 Å². The second kappa shape index (κ2) is 11.1. The van der Waals surface area contributed by atoms with E-state index in [9.17, 15) is 4.79 Å². The Morgan fingerprint density at radius 1 is 0.892 bits per heavy atom. The van der Waals surface area contributed by atoms with Crippen molar-refractivity contribution in [2.75, 3.05) is 6.61 Å². The van der Waals surface area contributed by atoms with Gasteiger partial charge in [0.25, 0.3) is 5.56 Å². The van der Waals surface area contributed by atoms with Crippen LogP contribution in [-0.2, 0) is 6.61 Å². The van der Waals surface area contributed by atoms with Crippen LogP contribution in [0.2, 0.25) is 5.02 Å². The van der Waals surface area contributed by atoms with Gasteiger partial charge in [-0.1, -0.05) is 66.2 Å². The Balaban J connectivity index is 1.48. The van der Waals surface area contributed by atoms with Gasteiger partial charge in [0.15, 0.2) is 17.3 Å². The summed E-state index contributed by atoms with van der Waals surface area (Å²) in [6, 6.07) is 29.8. The minimum atomic E-state index is -0.242. The van der Waals surface area contributed by atoms with Crippen molar-refractivity contribution in [2.45, 2.75) is 13.5 Å². The number of ether oxygens (including phenoxy) is 2. The first-order chi connectivity index (χ1) is 18.1. The fraction of sp³-hybridized carbons (Fsp3) is 0.100. The summed E-state index contributed by atoms with van der Waals surface area (Å²) in [5.41, 5.74) is 2.92. The minimum Gasteiger partial charge on any atom is -0.490 e. The van der Waals surface area contributed by atoms with Crippen LogP contribution in [0.15, 0.2) is 107 Å². The average molecular weight is 510 g/mol. The van der Waals surface area contributed by atoms with Gasteiger partial charge in [-0.25, -0.2) is 4.98 Å². The van der Waals surface area contributed by atoms with Crippen LogP contribution in [0.3, 0.4) is 0 Å². The quantitative estimate of drug-likeness (QED) is 0.222. The van der Waals surface area contributed by atoms with Gasteiger partial charge in [-0.2, -0.15) is 9.78 Å². The molecule has 0 fully saturated rings. The summed E-state index contributed by atoms with van der Waals surface area (Å²) in [4.78, 5) is 18.1. The molecule has 184 valence electrons. The van der Waals surface area contributed by atoms with Gasteiger partial charge in [-0.15, -0.1) is 0 Å². The number of fused-ring (bicyclic) bond motifs is 1. The topological polar surface area (TPSA) is 65.7 Å². The summed E-state index contributed by atoms with van der Waals surface area (Å²) in [7, 11) is 0. The second-order valence-corrected chi connectivity index (χ2v) is 8.67. The number of para-hydroxylation sites is 1. The zero-order chi connectivity index (χ0) is 25.6. The predicted octanol–water partition coefficient (Wildman–Crippen LogP) is 6.58. The van der Waals surface area contributed by atoms with E-state index in [0.717, 1.165) is 16.7 Å². The summed E-state index contributed by atoms with van der Waals surface area (Å²) in [5.74, 6) is 1.67. The molecular formula is C30H24ClN3O3. The number of benzene rings is 4. The molecule has 0 amide bonds. The molecule has 0 saturated heterocycles. The Bertz CT molecular complexity index is 1610. The summed E-state index contributed by atoms with van der Waals surface area (Å²) in [6.45, 7) is 2.77. The molecule has 0 N–H and O–H groups in total. The van der Waals surface area contributed by atoms with Crippen molar-refractivity contribution in [1.82, 2.24) is 9.66 Å². The van der Waals surface area contributed by atoms with Crippen molar-refractivity contribution in [3.05, 3.63) is 124 Å². The molecule has 5 aromatic rings. The first-order valence-corrected chi connectivity index (χ1v) is 12.3. The van der Waals surface area contributed by atoms with Crippen LogP contribution in [0.4, 0.5) is 0 Å². The molecule has 0 saturated carbocycles. The smallest absolute Gasteiger partial charge is 0.282 e. The molecule has 0 radical (unpaired) electrons. The molecule has 0 aliphatic rings. The molecular weight excluding hydrogens is 486 g/mol. The van der Waals surface area contributed by atoms with Crippen LogP contribution in [0.25, 0.3) is 22.3 Å². The maximum atomic E-state index is 13.4. The van der Waals surface area contributed by atoms with Crippen molar-refractivity contribution >= 4 is 28.7 Å². The van der Waals surface area contributed by atoms with Gasteiger partial charge in [0, 0.05) is 10.6 Å². The van der Waals surface area contributed by atoms with Crippen LogP contribution in [-0.4, -0.2) is 22.5 Å². The Morgan fingerprint density at radius 3 is 2.43 bits per heavy atom. The first-order valence-electron chi connectivity index (χ1n) is 11.9. The normalized spacial score (nSPS) is 11.2. The third-order valence-electron chi connectivity index (χ3n) is 5.68. The minimum absolute atomic E-state index is 0.242. The highest BCUT2D eigenvalue weighted by atomic mass is 35.5. The Morgan fingerprint density at radius 2 is 1.65 bits per heavy atom. The number of hydrogen-bond donors (Lipinski definition) is 0. The molecule has 1 heterocycles. The molecule has 1 aromatic heterocycles. The lowest BCUT2D eigenvalue weighted by atomic mass is 10.2. The molecule has 0 aliphatic heterocycles. The maximum Gasteiger partial charge on any atom is 0.282 e. The van der Waals surface area contributed by atoms with E-state index in [1.54, 1.807) is 12.3 Å². The second-order valence-electron chi connectivity index (χ2n) is 8.23. The lowest BCUT2D eigenvalue weighted by Gasteiger charge is -2.13. The number of hydrogen-bond acceptors (Lipinski definition) is 5. The highest BCUT2D eigenvalue weighted by Crippen LogP contribution is 2.29. The van der Waals surface area contributed by atoms with Gasteiger partial charge in [-0.05, 0) is 60.5 Å². The molecule has 6 nitrogen and oxygen atoms in total. The summed E-state index contributed by atoms with van der Waals surface area (Å²) < 4.78 is 13.2. The van der Waals surface area contributed by atoms with E-state index >= 15 is 0 Å². The fourth-order valence-electron chi connectivity index (χ4n) is 3.86. The van der Waals surface area contributed by atoms with E-state index in [-0.39, 0.29) is 5.56 Å². The van der Waals surface area contributed by atoms with E-state index in [1.807, 2.05) is 97.9 Å². The summed E-state index contributed by atoms with van der Waals surface area (Å²) in [5, 5.41) is 5.72. The highest BCUT2D eigenvalue weighted by Gasteiger charge is 2.12. The largest absolute Gasteiger partial charge is 0.490 e. The highest BCUT2D eigenvalue weighted by molar-refractivity contribution is 6.30. The van der Waals surface area contributed by atoms with E-state index in [4.69, 9.17) is 26.1 Å². The van der Waals surface area contributed by atoms with E-state index in [1.165, 1.54) is 4.68 Å². The van der Waals surface area contributed by atoms with Crippen LogP contribution < -0.4 is 15.0 Å². The van der Waals surface area contributed by atoms with Gasteiger partial charge in [0.2, 0.25) is 0 Å². The third-order valence-corrected chi connectivity index (χ3v) is 5.94. The number of aromatic nitrogens is 2. The number of halogens is 1. The van der Waals surface area contributed by atoms with Crippen molar-refractivity contribution in [2.24, 2.45) is 5.10 Å². The van der Waals surface area contributed by atoms with Crippen LogP contribution in [0.1, 0.15) is 18.1 Å². The van der Waals surface area contributed by atoms with Crippen LogP contribution in [0.5, 0.6) is 11.5 Å². The number of nitrogens with zero attached hydrogens (tertiary/aromatic N) is 3. The molecule has 7 heteroatoms. The molecule has 37 heavy (non-hydrogen) atoms. The van der Waals surface area contributed by atoms with Crippen molar-refractivity contribution in [3.8, 4) is 22.9 Å². The molecule has 0 spiro atoms. The predicted molar refractivity (Wildman–Crippen MR) is 148 cm³/mol. The zero-order valence-corrected chi connectivity index (χ0v) is 20.9. The van der Waals surface area contributed by atoms with E-state index in [0.29, 0.717) is 46.5 Å².